The van der Waals surface area contributed by atoms with E-state index in [1.54, 1.807) is 36.5 Å². The molecule has 0 aliphatic carbocycles. The molecule has 24 heavy (non-hydrogen) atoms. The van der Waals surface area contributed by atoms with E-state index in [0.29, 0.717) is 17.2 Å². The van der Waals surface area contributed by atoms with Gasteiger partial charge in [0.2, 0.25) is 11.8 Å². The minimum Gasteiger partial charge on any atom is -0.370 e. The number of carbonyl (C=O) groups is 2. The van der Waals surface area contributed by atoms with E-state index in [0.717, 1.165) is 5.39 Å². The molecule has 5 N–H and O–H groups in total. The second kappa shape index (κ2) is 6.78. The summed E-state index contributed by atoms with van der Waals surface area (Å²) in [4.78, 5) is 35.0. The highest BCUT2D eigenvalue weighted by Crippen LogP contribution is 2.19. The average molecular weight is 324 g/mol. The minimum atomic E-state index is -0.851. The number of anilines is 2. The molecular weight excluding hydrogens is 308 g/mol. The number of para-hydroxylation sites is 1. The number of H-pyrrole nitrogens is 1. The molecule has 0 fully saturated rings. The van der Waals surface area contributed by atoms with Gasteiger partial charge < -0.3 is 21.4 Å². The normalized spacial score (nSPS) is 11.8. The maximum absolute atomic E-state index is 12.5. The molecule has 8 nitrogen and oxygen atoms in total. The molecule has 0 aliphatic rings. The number of benzene rings is 1. The van der Waals surface area contributed by atoms with Crippen LogP contribution in [0.2, 0.25) is 0 Å². The van der Waals surface area contributed by atoms with E-state index in [1.807, 2.05) is 6.07 Å². The van der Waals surface area contributed by atoms with E-state index in [-0.39, 0.29) is 12.3 Å². The monoisotopic (exact) mass is 324 g/mol. The quantitative estimate of drug-likeness (QED) is 0.543. The fourth-order valence-electron chi connectivity index (χ4n) is 2.31. The van der Waals surface area contributed by atoms with Crippen LogP contribution >= 0.6 is 0 Å². The summed E-state index contributed by atoms with van der Waals surface area (Å²) in [5, 5.41) is 6.45. The van der Waals surface area contributed by atoms with Crippen LogP contribution in [0.15, 0.2) is 48.9 Å². The van der Waals surface area contributed by atoms with Gasteiger partial charge in [-0.3, -0.25) is 9.59 Å². The number of amides is 2. The highest BCUT2D eigenvalue weighted by atomic mass is 16.2. The Morgan fingerprint density at radius 2 is 1.96 bits per heavy atom. The second-order valence-electron chi connectivity index (χ2n) is 5.18. The average Bonchev–Trinajstić information content (AvgIpc) is 3.04. The lowest BCUT2D eigenvalue weighted by molar-refractivity contribution is -0.122. The summed E-state index contributed by atoms with van der Waals surface area (Å²) in [6.45, 7) is 0. The van der Waals surface area contributed by atoms with Crippen LogP contribution in [0.5, 0.6) is 0 Å². The van der Waals surface area contributed by atoms with Crippen LogP contribution in [0.25, 0.3) is 11.0 Å². The summed E-state index contributed by atoms with van der Waals surface area (Å²) < 4.78 is 0. The minimum absolute atomic E-state index is 0.158. The fourth-order valence-corrected chi connectivity index (χ4v) is 2.31. The van der Waals surface area contributed by atoms with Gasteiger partial charge in [0, 0.05) is 11.9 Å². The molecule has 3 aromatic rings. The number of nitrogens with one attached hydrogen (secondary N) is 3. The predicted molar refractivity (Wildman–Crippen MR) is 90.2 cm³/mol. The number of nitrogens with zero attached hydrogens (tertiary/aromatic N) is 2. The van der Waals surface area contributed by atoms with E-state index in [4.69, 9.17) is 5.73 Å². The SMILES string of the molecule is NC(=O)CC(Nc1ncnc2[nH]ccc12)C(=O)Nc1ccccc1. The third kappa shape index (κ3) is 3.49. The van der Waals surface area contributed by atoms with Crippen molar-refractivity contribution in [1.82, 2.24) is 15.0 Å². The van der Waals surface area contributed by atoms with E-state index >= 15 is 0 Å². The molecule has 0 spiro atoms. The van der Waals surface area contributed by atoms with Crippen molar-refractivity contribution < 1.29 is 9.59 Å². The van der Waals surface area contributed by atoms with Gasteiger partial charge in [0.25, 0.3) is 0 Å². The van der Waals surface area contributed by atoms with Crippen molar-refractivity contribution in [1.29, 1.82) is 0 Å². The van der Waals surface area contributed by atoms with Crippen LogP contribution in [-0.2, 0) is 9.59 Å². The first-order valence-corrected chi connectivity index (χ1v) is 7.32. The maximum atomic E-state index is 12.5. The molecule has 0 radical (unpaired) electrons. The Balaban J connectivity index is 1.82. The van der Waals surface area contributed by atoms with Crippen LogP contribution in [0.4, 0.5) is 11.5 Å². The lowest BCUT2D eigenvalue weighted by Gasteiger charge is -2.18. The number of hydrogen-bond acceptors (Lipinski definition) is 5. The first-order valence-electron chi connectivity index (χ1n) is 7.32. The van der Waals surface area contributed by atoms with Crippen molar-refractivity contribution >= 4 is 34.4 Å². The van der Waals surface area contributed by atoms with Crippen molar-refractivity contribution in [2.24, 2.45) is 5.73 Å². The van der Waals surface area contributed by atoms with Gasteiger partial charge >= 0.3 is 0 Å². The number of rotatable bonds is 6. The standard InChI is InChI=1S/C16H16N6O2/c17-13(23)8-12(16(24)21-10-4-2-1-3-5-10)22-15-11-6-7-18-14(11)19-9-20-15/h1-7,9,12H,8H2,(H2,17,23)(H,21,24)(H2,18,19,20,22). The third-order valence-corrected chi connectivity index (χ3v) is 3.43. The van der Waals surface area contributed by atoms with Crippen LogP contribution in [0.3, 0.4) is 0 Å². The Kier molecular flexibility index (Phi) is 4.37. The smallest absolute Gasteiger partial charge is 0.247 e. The Hall–Kier alpha value is -3.42. The van der Waals surface area contributed by atoms with Crippen molar-refractivity contribution in [3.63, 3.8) is 0 Å². The molecule has 1 atom stereocenters. The van der Waals surface area contributed by atoms with Gasteiger partial charge in [-0.15, -0.1) is 0 Å². The first-order chi connectivity index (χ1) is 11.6. The fraction of sp³-hybridized carbons (Fsp3) is 0.125. The highest BCUT2D eigenvalue weighted by molar-refractivity contribution is 6.00. The first kappa shape index (κ1) is 15.5. The molecule has 0 saturated heterocycles. The lowest BCUT2D eigenvalue weighted by atomic mass is 10.1. The molecule has 2 aromatic heterocycles. The summed E-state index contributed by atoms with van der Waals surface area (Å²) in [5.74, 6) is -0.506. The van der Waals surface area contributed by atoms with Crippen LogP contribution in [0.1, 0.15) is 6.42 Å². The van der Waals surface area contributed by atoms with E-state index in [2.05, 4.69) is 25.6 Å². The van der Waals surface area contributed by atoms with Gasteiger partial charge in [0.05, 0.1) is 11.8 Å². The highest BCUT2D eigenvalue weighted by Gasteiger charge is 2.22. The van der Waals surface area contributed by atoms with Gasteiger partial charge in [0.1, 0.15) is 23.8 Å². The largest absolute Gasteiger partial charge is 0.370 e. The predicted octanol–water partition coefficient (Wildman–Crippen LogP) is 1.25. The number of nitrogens with two attached hydrogens (primary N) is 1. The number of carbonyl (C=O) groups excluding carboxylic acids is 2. The van der Waals surface area contributed by atoms with Crippen LogP contribution < -0.4 is 16.4 Å². The van der Waals surface area contributed by atoms with Gasteiger partial charge in [-0.05, 0) is 18.2 Å². The molecule has 1 aromatic carbocycles. The van der Waals surface area contributed by atoms with Gasteiger partial charge in [-0.1, -0.05) is 18.2 Å². The molecular formula is C16H16N6O2. The molecule has 3 rings (SSSR count). The third-order valence-electron chi connectivity index (χ3n) is 3.43. The summed E-state index contributed by atoms with van der Waals surface area (Å²) in [6.07, 6.45) is 2.93. The molecule has 0 bridgehead atoms. The van der Waals surface area contributed by atoms with Crippen molar-refractivity contribution in [3.05, 3.63) is 48.9 Å². The zero-order valence-corrected chi connectivity index (χ0v) is 12.7. The maximum Gasteiger partial charge on any atom is 0.247 e. The van der Waals surface area contributed by atoms with Gasteiger partial charge in [0.15, 0.2) is 0 Å². The molecule has 1 unspecified atom stereocenters. The number of fused-ring (bicyclic) bond motifs is 1. The second-order valence-corrected chi connectivity index (χ2v) is 5.18. The Bertz CT molecular complexity index is 861. The number of aromatic amines is 1. The zero-order chi connectivity index (χ0) is 16.9. The summed E-state index contributed by atoms with van der Waals surface area (Å²) in [6, 6.07) is 9.91. The molecule has 122 valence electrons. The molecule has 2 heterocycles. The van der Waals surface area contributed by atoms with E-state index in [1.165, 1.54) is 6.33 Å². The Morgan fingerprint density at radius 3 is 2.71 bits per heavy atom. The lowest BCUT2D eigenvalue weighted by Crippen LogP contribution is -2.38. The zero-order valence-electron chi connectivity index (χ0n) is 12.7. The molecule has 0 aliphatic heterocycles. The summed E-state index contributed by atoms with van der Waals surface area (Å²) >= 11 is 0. The van der Waals surface area contributed by atoms with Crippen LogP contribution in [0, 0.1) is 0 Å². The Morgan fingerprint density at radius 1 is 1.17 bits per heavy atom. The van der Waals surface area contributed by atoms with Crippen molar-refractivity contribution in [3.8, 4) is 0 Å². The number of aromatic nitrogens is 3. The Labute approximate surface area is 137 Å². The molecule has 8 heteroatoms. The topological polar surface area (TPSA) is 126 Å². The summed E-state index contributed by atoms with van der Waals surface area (Å²) in [5.41, 5.74) is 6.54. The number of primary amides is 1. The van der Waals surface area contributed by atoms with Gasteiger partial charge in [-0.25, -0.2) is 9.97 Å². The van der Waals surface area contributed by atoms with Crippen molar-refractivity contribution in [2.45, 2.75) is 12.5 Å². The van der Waals surface area contributed by atoms with E-state index < -0.39 is 11.9 Å². The molecule has 2 amide bonds. The van der Waals surface area contributed by atoms with Crippen molar-refractivity contribution in [2.75, 3.05) is 10.6 Å². The van der Waals surface area contributed by atoms with Gasteiger partial charge in [-0.2, -0.15) is 0 Å². The van der Waals surface area contributed by atoms with E-state index in [9.17, 15) is 9.59 Å². The summed E-state index contributed by atoms with van der Waals surface area (Å²) in [7, 11) is 0. The number of hydrogen-bond donors (Lipinski definition) is 4. The molecule has 0 saturated carbocycles. The van der Waals surface area contributed by atoms with Crippen LogP contribution in [-0.4, -0.2) is 32.8 Å².